The lowest BCUT2D eigenvalue weighted by molar-refractivity contribution is -0.139. The van der Waals surface area contributed by atoms with Crippen LogP contribution >= 0.6 is 0 Å². The molecule has 0 bridgehead atoms. The minimum absolute atomic E-state index is 0.0314. The Hall–Kier alpha value is -3.27. The summed E-state index contributed by atoms with van der Waals surface area (Å²) in [4.78, 5) is 24.3. The summed E-state index contributed by atoms with van der Waals surface area (Å²) >= 11 is 0. The largest absolute Gasteiger partial charge is 0.465 e. The van der Waals surface area contributed by atoms with E-state index in [9.17, 15) is 14.9 Å². The molecular formula is C20H22N2O5. The quantitative estimate of drug-likeness (QED) is 0.766. The van der Waals surface area contributed by atoms with Gasteiger partial charge in [-0.2, -0.15) is 5.26 Å². The lowest BCUT2D eigenvalue weighted by Crippen LogP contribution is -2.26. The van der Waals surface area contributed by atoms with Crippen LogP contribution in [0.15, 0.2) is 47.1 Å². The molecule has 142 valence electrons. The second-order valence-electron chi connectivity index (χ2n) is 5.85. The third kappa shape index (κ3) is 4.11. The molecule has 7 heteroatoms. The Labute approximate surface area is 158 Å². The Bertz CT molecular complexity index is 831. The van der Waals surface area contributed by atoms with E-state index in [0.29, 0.717) is 23.3 Å². The number of ether oxygens (including phenoxy) is 3. The van der Waals surface area contributed by atoms with E-state index in [1.54, 1.807) is 31.2 Å². The van der Waals surface area contributed by atoms with E-state index in [1.165, 1.54) is 7.11 Å². The molecule has 0 saturated carbocycles. The summed E-state index contributed by atoms with van der Waals surface area (Å²) in [5, 5.41) is 9.60. The highest BCUT2D eigenvalue weighted by Crippen LogP contribution is 2.40. The summed E-state index contributed by atoms with van der Waals surface area (Å²) in [6, 6.07) is 8.51. The maximum Gasteiger partial charge on any atom is 0.338 e. The Morgan fingerprint density at radius 2 is 1.89 bits per heavy atom. The molecule has 0 radical (unpaired) electrons. The lowest BCUT2D eigenvalue weighted by atomic mass is 9.82. The first kappa shape index (κ1) is 20.0. The molecule has 1 aliphatic heterocycles. The van der Waals surface area contributed by atoms with E-state index < -0.39 is 17.9 Å². The molecule has 0 aliphatic carbocycles. The van der Waals surface area contributed by atoms with Crippen LogP contribution in [0, 0.1) is 11.3 Å². The zero-order chi connectivity index (χ0) is 20.0. The van der Waals surface area contributed by atoms with Crippen LogP contribution in [-0.2, 0) is 19.0 Å². The highest BCUT2D eigenvalue weighted by atomic mass is 16.5. The van der Waals surface area contributed by atoms with Gasteiger partial charge in [-0.15, -0.1) is 0 Å². The van der Waals surface area contributed by atoms with Gasteiger partial charge in [0.15, 0.2) is 0 Å². The van der Waals surface area contributed by atoms with Gasteiger partial charge in [0.2, 0.25) is 5.88 Å². The number of esters is 2. The van der Waals surface area contributed by atoms with Gasteiger partial charge >= 0.3 is 11.9 Å². The molecule has 7 nitrogen and oxygen atoms in total. The second-order valence-corrected chi connectivity index (χ2v) is 5.85. The number of nitriles is 1. The van der Waals surface area contributed by atoms with E-state index in [4.69, 9.17) is 19.9 Å². The fraction of sp³-hybridized carbons (Fsp3) is 0.350. The summed E-state index contributed by atoms with van der Waals surface area (Å²) in [5.74, 6) is -1.39. The van der Waals surface area contributed by atoms with Crippen LogP contribution in [0.5, 0.6) is 0 Å². The molecular weight excluding hydrogens is 348 g/mol. The molecule has 1 aromatic carbocycles. The summed E-state index contributed by atoms with van der Waals surface area (Å²) in [6.45, 7) is 3.84. The van der Waals surface area contributed by atoms with Crippen molar-refractivity contribution in [1.29, 1.82) is 5.26 Å². The second kappa shape index (κ2) is 8.90. The van der Waals surface area contributed by atoms with Crippen molar-refractivity contribution in [2.75, 3.05) is 13.7 Å². The smallest absolute Gasteiger partial charge is 0.338 e. The fourth-order valence-corrected chi connectivity index (χ4v) is 2.93. The predicted molar refractivity (Wildman–Crippen MR) is 97.0 cm³/mol. The average molecular weight is 370 g/mol. The summed E-state index contributed by atoms with van der Waals surface area (Å²) in [6.07, 6.45) is 1.20. The maximum atomic E-state index is 12.6. The number of rotatable bonds is 6. The van der Waals surface area contributed by atoms with Crippen molar-refractivity contribution in [3.05, 3.63) is 58.2 Å². The van der Waals surface area contributed by atoms with E-state index >= 15 is 0 Å². The molecule has 27 heavy (non-hydrogen) atoms. The summed E-state index contributed by atoms with van der Waals surface area (Å²) in [5.41, 5.74) is 7.32. The van der Waals surface area contributed by atoms with Crippen molar-refractivity contribution in [3.8, 4) is 6.07 Å². The first-order valence-electron chi connectivity index (χ1n) is 8.64. The topological polar surface area (TPSA) is 112 Å². The average Bonchev–Trinajstić information content (AvgIpc) is 2.67. The number of allylic oxidation sites excluding steroid dienone is 2. The van der Waals surface area contributed by atoms with Crippen LogP contribution in [0.4, 0.5) is 0 Å². The molecule has 1 aliphatic rings. The third-order valence-electron chi connectivity index (χ3n) is 4.13. The van der Waals surface area contributed by atoms with Gasteiger partial charge in [-0.3, -0.25) is 0 Å². The molecule has 1 atom stereocenters. The van der Waals surface area contributed by atoms with Gasteiger partial charge < -0.3 is 19.9 Å². The number of carbonyl (C=O) groups excluding carboxylic acids is 2. The number of nitrogens with zero attached hydrogens (tertiary/aromatic N) is 1. The first-order valence-corrected chi connectivity index (χ1v) is 8.64. The van der Waals surface area contributed by atoms with E-state index in [2.05, 4.69) is 0 Å². The van der Waals surface area contributed by atoms with Crippen molar-refractivity contribution in [3.63, 3.8) is 0 Å². The van der Waals surface area contributed by atoms with Gasteiger partial charge in [-0.1, -0.05) is 19.1 Å². The minimum Gasteiger partial charge on any atom is -0.465 e. The number of methoxy groups -OCH3 is 1. The van der Waals surface area contributed by atoms with Crippen molar-refractivity contribution >= 4 is 11.9 Å². The maximum absolute atomic E-state index is 12.6. The minimum atomic E-state index is -0.726. The van der Waals surface area contributed by atoms with Crippen LogP contribution in [-0.4, -0.2) is 25.7 Å². The standard InChI is InChI=1S/C20H22N2O5/c1-4-6-15-17(20(24)26-5-2)16(14(11-21)18(22)27-15)12-7-9-13(10-8-12)19(23)25-3/h7-10,16H,4-6,22H2,1-3H3. The van der Waals surface area contributed by atoms with Gasteiger partial charge in [0.05, 0.1) is 30.8 Å². The molecule has 1 unspecified atom stereocenters. The lowest BCUT2D eigenvalue weighted by Gasteiger charge is -2.28. The Kier molecular flexibility index (Phi) is 6.61. The number of hydrogen-bond donors (Lipinski definition) is 1. The zero-order valence-corrected chi connectivity index (χ0v) is 15.6. The number of nitrogens with two attached hydrogens (primary N) is 1. The van der Waals surface area contributed by atoms with Gasteiger partial charge in [-0.05, 0) is 31.0 Å². The van der Waals surface area contributed by atoms with Crippen molar-refractivity contribution in [1.82, 2.24) is 0 Å². The van der Waals surface area contributed by atoms with Crippen molar-refractivity contribution in [2.24, 2.45) is 5.73 Å². The molecule has 1 heterocycles. The van der Waals surface area contributed by atoms with Gasteiger partial charge in [-0.25, -0.2) is 9.59 Å². The third-order valence-corrected chi connectivity index (χ3v) is 4.13. The molecule has 0 aromatic heterocycles. The molecule has 2 rings (SSSR count). The van der Waals surface area contributed by atoms with Gasteiger partial charge in [0.1, 0.15) is 17.4 Å². The first-order chi connectivity index (χ1) is 13.0. The monoisotopic (exact) mass is 370 g/mol. The van der Waals surface area contributed by atoms with E-state index in [0.717, 1.165) is 6.42 Å². The number of carbonyl (C=O) groups is 2. The van der Waals surface area contributed by atoms with E-state index in [-0.39, 0.29) is 23.6 Å². The molecule has 0 fully saturated rings. The highest BCUT2D eigenvalue weighted by Gasteiger charge is 2.37. The Balaban J connectivity index is 2.60. The highest BCUT2D eigenvalue weighted by molar-refractivity contribution is 5.93. The predicted octanol–water partition coefficient (Wildman–Crippen LogP) is 2.90. The van der Waals surface area contributed by atoms with Crippen LogP contribution in [0.25, 0.3) is 0 Å². The summed E-state index contributed by atoms with van der Waals surface area (Å²) < 4.78 is 15.5. The number of hydrogen-bond acceptors (Lipinski definition) is 7. The molecule has 1 aromatic rings. The fourth-order valence-electron chi connectivity index (χ4n) is 2.93. The van der Waals surface area contributed by atoms with Crippen molar-refractivity contribution in [2.45, 2.75) is 32.6 Å². The normalized spacial score (nSPS) is 16.4. The van der Waals surface area contributed by atoms with Gasteiger partial charge in [0, 0.05) is 6.42 Å². The van der Waals surface area contributed by atoms with Crippen LogP contribution in [0.1, 0.15) is 48.5 Å². The molecule has 0 saturated heterocycles. The molecule has 2 N–H and O–H groups in total. The van der Waals surface area contributed by atoms with Crippen LogP contribution in [0.2, 0.25) is 0 Å². The SMILES string of the molecule is CCCC1=C(C(=O)OCC)C(c2ccc(C(=O)OC)cc2)C(C#N)=C(N)O1. The van der Waals surface area contributed by atoms with Gasteiger partial charge in [0.25, 0.3) is 0 Å². The van der Waals surface area contributed by atoms with Crippen molar-refractivity contribution < 1.29 is 23.8 Å². The summed E-state index contributed by atoms with van der Waals surface area (Å²) in [7, 11) is 1.30. The molecule has 0 amide bonds. The zero-order valence-electron chi connectivity index (χ0n) is 15.6. The molecule has 0 spiro atoms. The van der Waals surface area contributed by atoms with E-state index in [1.807, 2.05) is 13.0 Å². The van der Waals surface area contributed by atoms with Crippen LogP contribution < -0.4 is 5.73 Å². The Morgan fingerprint density at radius 1 is 1.22 bits per heavy atom. The van der Waals surface area contributed by atoms with Crippen LogP contribution in [0.3, 0.4) is 0 Å². The Morgan fingerprint density at radius 3 is 2.41 bits per heavy atom. The number of benzene rings is 1.